The maximum atomic E-state index is 12.3. The molecule has 160 valence electrons. The van der Waals surface area contributed by atoms with Crippen LogP contribution in [0.15, 0.2) is 47.5 Å². The molecule has 0 unspecified atom stereocenters. The Morgan fingerprint density at radius 1 is 1.13 bits per heavy atom. The predicted molar refractivity (Wildman–Crippen MR) is 114 cm³/mol. The smallest absolute Gasteiger partial charge is 0.240 e. The zero-order valence-electron chi connectivity index (χ0n) is 16.9. The van der Waals surface area contributed by atoms with Crippen molar-refractivity contribution in [1.82, 2.24) is 15.0 Å². The Kier molecular flexibility index (Phi) is 7.17. The Morgan fingerprint density at radius 2 is 1.90 bits per heavy atom. The molecule has 0 aliphatic carbocycles. The fourth-order valence-corrected chi connectivity index (χ4v) is 4.29. The molecule has 2 heterocycles. The molecule has 1 aliphatic heterocycles. The lowest BCUT2D eigenvalue weighted by atomic mass is 10.2. The first-order chi connectivity index (χ1) is 14.3. The van der Waals surface area contributed by atoms with Gasteiger partial charge < -0.3 is 10.2 Å². The van der Waals surface area contributed by atoms with Crippen molar-refractivity contribution in [3.8, 4) is 0 Å². The molecule has 0 radical (unpaired) electrons. The van der Waals surface area contributed by atoms with Crippen molar-refractivity contribution in [1.29, 1.82) is 0 Å². The molecule has 3 rings (SSSR count). The third kappa shape index (κ3) is 5.87. The third-order valence-corrected chi connectivity index (χ3v) is 6.38. The first-order valence-corrected chi connectivity index (χ1v) is 11.4. The van der Waals surface area contributed by atoms with Crippen molar-refractivity contribution < 1.29 is 18.0 Å². The summed E-state index contributed by atoms with van der Waals surface area (Å²) in [5.74, 6) is 0.471. The predicted octanol–water partition coefficient (Wildman–Crippen LogP) is 1.87. The topological polar surface area (TPSA) is 108 Å². The third-order valence-electron chi connectivity index (χ3n) is 4.92. The Hall–Kier alpha value is -2.78. The molecule has 0 spiro atoms. The Morgan fingerprint density at radius 3 is 2.57 bits per heavy atom. The number of rotatable bonds is 9. The number of nitrogens with one attached hydrogen (secondary N) is 2. The van der Waals surface area contributed by atoms with Gasteiger partial charge in [-0.3, -0.25) is 9.59 Å². The summed E-state index contributed by atoms with van der Waals surface area (Å²) in [5, 5.41) is 2.77. The van der Waals surface area contributed by atoms with E-state index in [2.05, 4.69) is 19.9 Å². The first-order valence-electron chi connectivity index (χ1n) is 9.92. The van der Waals surface area contributed by atoms with Gasteiger partial charge in [0.1, 0.15) is 5.82 Å². The quantitative estimate of drug-likeness (QED) is 0.588. The number of nitrogens with zero attached hydrogens (tertiary/aromatic N) is 2. The summed E-state index contributed by atoms with van der Waals surface area (Å²) in [4.78, 5) is 30.1. The monoisotopic (exact) mass is 430 g/mol. The first kappa shape index (κ1) is 21.9. The molecule has 2 N–H and O–H groups in total. The highest BCUT2D eigenvalue weighted by atomic mass is 32.2. The summed E-state index contributed by atoms with van der Waals surface area (Å²) < 4.78 is 27.1. The van der Waals surface area contributed by atoms with Crippen LogP contribution in [-0.4, -0.2) is 44.7 Å². The van der Waals surface area contributed by atoms with Crippen LogP contribution in [0.25, 0.3) is 0 Å². The molecule has 2 aromatic rings. The van der Waals surface area contributed by atoms with Crippen LogP contribution in [-0.2, 0) is 21.4 Å². The van der Waals surface area contributed by atoms with E-state index < -0.39 is 10.0 Å². The summed E-state index contributed by atoms with van der Waals surface area (Å²) in [6.07, 6.45) is 4.13. The highest BCUT2D eigenvalue weighted by Crippen LogP contribution is 2.17. The second-order valence-corrected chi connectivity index (χ2v) is 8.99. The van der Waals surface area contributed by atoms with Crippen molar-refractivity contribution >= 4 is 27.5 Å². The number of carbonyl (C=O) groups excluding carboxylic acids is 2. The lowest BCUT2D eigenvalue weighted by Crippen LogP contribution is -2.30. The van der Waals surface area contributed by atoms with E-state index in [1.165, 1.54) is 38.0 Å². The highest BCUT2D eigenvalue weighted by Gasteiger charge is 2.16. The number of aromatic nitrogens is 1. The Labute approximate surface area is 176 Å². The highest BCUT2D eigenvalue weighted by molar-refractivity contribution is 7.89. The van der Waals surface area contributed by atoms with Crippen LogP contribution in [0.4, 0.5) is 5.82 Å². The zero-order valence-corrected chi connectivity index (χ0v) is 17.7. The second kappa shape index (κ2) is 9.82. The van der Waals surface area contributed by atoms with E-state index in [0.29, 0.717) is 12.1 Å². The number of anilines is 1. The largest absolute Gasteiger partial charge is 0.357 e. The van der Waals surface area contributed by atoms with Gasteiger partial charge in [0.2, 0.25) is 15.9 Å². The minimum atomic E-state index is -3.79. The molecule has 1 saturated heterocycles. The van der Waals surface area contributed by atoms with Crippen LogP contribution < -0.4 is 14.9 Å². The Balaban J connectivity index is 1.44. The van der Waals surface area contributed by atoms with Gasteiger partial charge in [0.15, 0.2) is 5.78 Å². The van der Waals surface area contributed by atoms with Crippen LogP contribution in [0.3, 0.4) is 0 Å². The molecular formula is C21H26N4O4S. The van der Waals surface area contributed by atoms with Crippen molar-refractivity contribution in [3.05, 3.63) is 53.7 Å². The molecule has 1 aromatic heterocycles. The number of sulfonamides is 1. The SMILES string of the molecule is CC(=O)c1cccc(S(=O)(=O)NCCC(=O)NCc2ccc(N3CCCC3)nc2)c1. The van der Waals surface area contributed by atoms with E-state index in [9.17, 15) is 18.0 Å². The summed E-state index contributed by atoms with van der Waals surface area (Å²) in [7, 11) is -3.79. The zero-order chi connectivity index (χ0) is 21.6. The fraction of sp³-hybridized carbons (Fsp3) is 0.381. The van der Waals surface area contributed by atoms with Crippen molar-refractivity contribution in [3.63, 3.8) is 0 Å². The normalized spacial score (nSPS) is 14.0. The lowest BCUT2D eigenvalue weighted by Gasteiger charge is -2.16. The molecule has 0 bridgehead atoms. The fourth-order valence-electron chi connectivity index (χ4n) is 3.21. The van der Waals surface area contributed by atoms with Crippen LogP contribution in [0, 0.1) is 0 Å². The summed E-state index contributed by atoms with van der Waals surface area (Å²) >= 11 is 0. The van der Waals surface area contributed by atoms with Gasteiger partial charge in [0, 0.05) is 44.4 Å². The van der Waals surface area contributed by atoms with E-state index in [1.54, 1.807) is 12.3 Å². The molecule has 1 aromatic carbocycles. The van der Waals surface area contributed by atoms with Gasteiger partial charge in [-0.15, -0.1) is 0 Å². The second-order valence-electron chi connectivity index (χ2n) is 7.23. The van der Waals surface area contributed by atoms with Crippen LogP contribution in [0.1, 0.15) is 42.1 Å². The van der Waals surface area contributed by atoms with Gasteiger partial charge in [0.25, 0.3) is 0 Å². The number of hydrogen-bond donors (Lipinski definition) is 2. The van der Waals surface area contributed by atoms with E-state index >= 15 is 0 Å². The average Bonchev–Trinajstić information content (AvgIpc) is 3.27. The van der Waals surface area contributed by atoms with Gasteiger partial charge in [-0.05, 0) is 43.5 Å². The van der Waals surface area contributed by atoms with Gasteiger partial charge in [-0.2, -0.15) is 0 Å². The van der Waals surface area contributed by atoms with Crippen molar-refractivity contribution in [2.24, 2.45) is 0 Å². The van der Waals surface area contributed by atoms with E-state index in [4.69, 9.17) is 0 Å². The Bertz CT molecular complexity index is 1000. The summed E-state index contributed by atoms with van der Waals surface area (Å²) in [6, 6.07) is 9.70. The minimum Gasteiger partial charge on any atom is -0.357 e. The molecular weight excluding hydrogens is 404 g/mol. The van der Waals surface area contributed by atoms with Gasteiger partial charge in [0.05, 0.1) is 4.90 Å². The number of ketones is 1. The number of pyridine rings is 1. The number of amides is 1. The molecule has 9 heteroatoms. The van der Waals surface area contributed by atoms with Crippen molar-refractivity contribution in [2.45, 2.75) is 37.6 Å². The molecule has 1 fully saturated rings. The van der Waals surface area contributed by atoms with Crippen molar-refractivity contribution in [2.75, 3.05) is 24.5 Å². The van der Waals surface area contributed by atoms with Gasteiger partial charge in [-0.1, -0.05) is 18.2 Å². The maximum Gasteiger partial charge on any atom is 0.240 e. The number of Topliss-reactive ketones (excluding diaryl/α,β-unsaturated/α-hetero) is 1. The number of hydrogen-bond acceptors (Lipinski definition) is 6. The standard InChI is InChI=1S/C21H26N4O4S/c1-16(26)18-5-4-6-19(13-18)30(28,29)24-10-9-21(27)23-15-17-7-8-20(22-14-17)25-11-2-3-12-25/h4-8,13-14,24H,2-3,9-12,15H2,1H3,(H,23,27). The van der Waals surface area contributed by atoms with E-state index in [1.807, 2.05) is 12.1 Å². The molecule has 1 aliphatic rings. The molecule has 0 saturated carbocycles. The van der Waals surface area contributed by atoms with E-state index in [-0.39, 0.29) is 29.6 Å². The van der Waals surface area contributed by atoms with Crippen LogP contribution in [0.5, 0.6) is 0 Å². The van der Waals surface area contributed by atoms with Gasteiger partial charge >= 0.3 is 0 Å². The number of carbonyl (C=O) groups is 2. The lowest BCUT2D eigenvalue weighted by molar-refractivity contribution is -0.121. The van der Waals surface area contributed by atoms with Crippen LogP contribution in [0.2, 0.25) is 0 Å². The van der Waals surface area contributed by atoms with E-state index in [0.717, 1.165) is 24.5 Å². The summed E-state index contributed by atoms with van der Waals surface area (Å²) in [6.45, 7) is 3.72. The minimum absolute atomic E-state index is 0.000209. The van der Waals surface area contributed by atoms with Crippen LogP contribution >= 0.6 is 0 Å². The molecule has 8 nitrogen and oxygen atoms in total. The maximum absolute atomic E-state index is 12.3. The summed E-state index contributed by atoms with van der Waals surface area (Å²) in [5.41, 5.74) is 1.20. The average molecular weight is 431 g/mol. The molecule has 30 heavy (non-hydrogen) atoms. The van der Waals surface area contributed by atoms with Gasteiger partial charge in [-0.25, -0.2) is 18.1 Å². The molecule has 0 atom stereocenters. The number of benzene rings is 1. The molecule has 1 amide bonds.